The average Bonchev–Trinajstić information content (AvgIpc) is 2.73. The maximum atomic E-state index is 13.5. The van der Waals surface area contributed by atoms with E-state index < -0.39 is 15.8 Å². The molecule has 4 rings (SSSR count). The Labute approximate surface area is 187 Å². The number of allylic oxidation sites excluding steroid dienone is 1. The molecule has 0 aliphatic carbocycles. The number of fused-ring (bicyclic) bond motifs is 1. The summed E-state index contributed by atoms with van der Waals surface area (Å²) in [5.41, 5.74) is 4.10. The van der Waals surface area contributed by atoms with Crippen LogP contribution in [0.15, 0.2) is 77.8 Å². The minimum atomic E-state index is -4.08. The molecule has 1 N–H and O–H groups in total. The summed E-state index contributed by atoms with van der Waals surface area (Å²) in [5, 5.41) is 3.47. The lowest BCUT2D eigenvalue weighted by Crippen LogP contribution is -2.39. The van der Waals surface area contributed by atoms with E-state index in [4.69, 9.17) is 11.6 Å². The zero-order chi connectivity index (χ0) is 22.2. The highest BCUT2D eigenvalue weighted by molar-refractivity contribution is 7.97. The Bertz CT molecular complexity index is 1320. The number of anilines is 2. The van der Waals surface area contributed by atoms with Crippen LogP contribution in [0.1, 0.15) is 27.0 Å². The molecule has 0 bridgehead atoms. The third-order valence-corrected chi connectivity index (χ3v) is 7.18. The Kier molecular flexibility index (Phi) is 5.60. The first-order chi connectivity index (χ1) is 14.8. The molecule has 158 valence electrons. The van der Waals surface area contributed by atoms with Crippen LogP contribution in [0.5, 0.6) is 0 Å². The highest BCUT2D eigenvalue weighted by Crippen LogP contribution is 2.36. The summed E-state index contributed by atoms with van der Waals surface area (Å²) in [6.07, 6.45) is 1.26. The van der Waals surface area contributed by atoms with Crippen molar-refractivity contribution in [2.24, 2.45) is 0 Å². The van der Waals surface area contributed by atoms with E-state index in [1.807, 2.05) is 44.2 Å². The number of carbonyl (C=O) groups excluding carboxylic acids is 1. The van der Waals surface area contributed by atoms with Crippen LogP contribution < -0.4 is 9.62 Å². The molecule has 5 nitrogen and oxygen atoms in total. The molecule has 0 atom stereocenters. The molecule has 31 heavy (non-hydrogen) atoms. The monoisotopic (exact) mass is 452 g/mol. The number of ketones is 1. The Balaban J connectivity index is 1.80. The molecule has 3 aromatic carbocycles. The largest absolute Gasteiger partial charge is 0.360 e. The fourth-order valence-electron chi connectivity index (χ4n) is 3.56. The van der Waals surface area contributed by atoms with E-state index in [-0.39, 0.29) is 11.4 Å². The van der Waals surface area contributed by atoms with Gasteiger partial charge in [0.1, 0.15) is 0 Å². The highest BCUT2D eigenvalue weighted by atomic mass is 35.5. The Morgan fingerprint density at radius 1 is 1.00 bits per heavy atom. The number of halogens is 1. The maximum absolute atomic E-state index is 13.5. The van der Waals surface area contributed by atoms with E-state index >= 15 is 0 Å². The van der Waals surface area contributed by atoms with Gasteiger partial charge in [-0.2, -0.15) is 0 Å². The van der Waals surface area contributed by atoms with Crippen molar-refractivity contribution in [2.45, 2.75) is 20.4 Å². The van der Waals surface area contributed by atoms with Crippen molar-refractivity contribution < 1.29 is 13.2 Å². The van der Waals surface area contributed by atoms with Gasteiger partial charge < -0.3 is 5.32 Å². The van der Waals surface area contributed by atoms with Crippen LogP contribution in [-0.4, -0.2) is 14.2 Å². The first-order valence-corrected chi connectivity index (χ1v) is 11.5. The number of hydrogen-bond donors (Lipinski definition) is 1. The summed E-state index contributed by atoms with van der Waals surface area (Å²) in [7, 11) is -4.08. The minimum absolute atomic E-state index is 0.127. The SMILES string of the molecule is Cc1cccc(CN2c3ccccc3C(=O)/C(=C\Nc3cc(Cl)ccc3C)S2(=O)=O)c1. The summed E-state index contributed by atoms with van der Waals surface area (Å²) < 4.78 is 28.3. The lowest BCUT2D eigenvalue weighted by molar-refractivity contribution is 0.104. The smallest absolute Gasteiger partial charge is 0.270 e. The minimum Gasteiger partial charge on any atom is -0.360 e. The quantitative estimate of drug-likeness (QED) is 0.535. The first-order valence-electron chi connectivity index (χ1n) is 9.72. The lowest BCUT2D eigenvalue weighted by Gasteiger charge is -2.31. The number of para-hydroxylation sites is 1. The predicted octanol–water partition coefficient (Wildman–Crippen LogP) is 5.44. The van der Waals surface area contributed by atoms with Crippen LogP contribution in [0.25, 0.3) is 0 Å². The first kappa shape index (κ1) is 21.2. The van der Waals surface area contributed by atoms with Gasteiger partial charge in [0, 0.05) is 22.5 Å². The number of nitrogens with one attached hydrogen (secondary N) is 1. The normalized spacial score (nSPS) is 16.3. The predicted molar refractivity (Wildman–Crippen MR) is 125 cm³/mol. The summed E-state index contributed by atoms with van der Waals surface area (Å²) >= 11 is 6.06. The van der Waals surface area contributed by atoms with Gasteiger partial charge in [0.15, 0.2) is 4.91 Å². The van der Waals surface area contributed by atoms with Crippen molar-refractivity contribution in [1.29, 1.82) is 0 Å². The van der Waals surface area contributed by atoms with Gasteiger partial charge in [-0.15, -0.1) is 0 Å². The van der Waals surface area contributed by atoms with Gasteiger partial charge in [0.05, 0.1) is 12.2 Å². The third-order valence-electron chi connectivity index (χ3n) is 5.18. The Morgan fingerprint density at radius 3 is 2.55 bits per heavy atom. The van der Waals surface area contributed by atoms with Crippen molar-refractivity contribution in [2.75, 3.05) is 9.62 Å². The topological polar surface area (TPSA) is 66.5 Å². The Hall–Kier alpha value is -3.09. The van der Waals surface area contributed by atoms with Gasteiger partial charge in [0.2, 0.25) is 5.78 Å². The lowest BCUT2D eigenvalue weighted by atomic mass is 10.1. The average molecular weight is 453 g/mol. The van der Waals surface area contributed by atoms with E-state index in [1.165, 1.54) is 10.5 Å². The fraction of sp³-hybridized carbons (Fsp3) is 0.125. The number of hydrogen-bond acceptors (Lipinski definition) is 4. The number of nitrogens with zero attached hydrogens (tertiary/aromatic N) is 1. The number of benzene rings is 3. The van der Waals surface area contributed by atoms with Gasteiger partial charge in [-0.05, 0) is 49.2 Å². The zero-order valence-corrected chi connectivity index (χ0v) is 18.7. The molecule has 1 aliphatic heterocycles. The molecular weight excluding hydrogens is 432 g/mol. The van der Waals surface area contributed by atoms with Gasteiger partial charge >= 0.3 is 0 Å². The highest BCUT2D eigenvalue weighted by Gasteiger charge is 2.40. The van der Waals surface area contributed by atoms with Gasteiger partial charge in [-0.1, -0.05) is 59.6 Å². The standard InChI is InChI=1S/C24H21ClN2O3S/c1-16-6-5-7-18(12-16)15-27-22-9-4-3-8-20(22)24(28)23(31(27,29)30)14-26-21-13-19(25)11-10-17(21)2/h3-14,26H,15H2,1-2H3/b23-14+. The number of carbonyl (C=O) groups is 1. The summed E-state index contributed by atoms with van der Waals surface area (Å²) in [6, 6.07) is 19.7. The van der Waals surface area contributed by atoms with E-state index in [1.54, 1.807) is 36.4 Å². The molecule has 0 aromatic heterocycles. The second kappa shape index (κ2) is 8.21. The molecule has 0 amide bonds. The van der Waals surface area contributed by atoms with Crippen molar-refractivity contribution in [1.82, 2.24) is 0 Å². The van der Waals surface area contributed by atoms with Crippen molar-refractivity contribution >= 4 is 38.8 Å². The van der Waals surface area contributed by atoms with Gasteiger partial charge in [-0.3, -0.25) is 9.10 Å². The molecule has 0 saturated carbocycles. The zero-order valence-electron chi connectivity index (χ0n) is 17.1. The molecule has 1 heterocycles. The maximum Gasteiger partial charge on any atom is 0.270 e. The molecule has 0 unspecified atom stereocenters. The van der Waals surface area contributed by atoms with E-state index in [0.29, 0.717) is 22.0 Å². The van der Waals surface area contributed by atoms with Crippen molar-refractivity contribution in [3.63, 3.8) is 0 Å². The molecule has 0 saturated heterocycles. The summed E-state index contributed by atoms with van der Waals surface area (Å²) in [4.78, 5) is 12.8. The van der Waals surface area contributed by atoms with Crippen LogP contribution in [-0.2, 0) is 16.6 Å². The molecular formula is C24H21ClN2O3S. The van der Waals surface area contributed by atoms with E-state index in [0.717, 1.165) is 16.7 Å². The van der Waals surface area contributed by atoms with Crippen LogP contribution in [0.2, 0.25) is 5.02 Å². The second-order valence-corrected chi connectivity index (χ2v) is 9.73. The summed E-state index contributed by atoms with van der Waals surface area (Å²) in [5.74, 6) is -0.539. The van der Waals surface area contributed by atoms with Crippen LogP contribution in [0, 0.1) is 13.8 Å². The van der Waals surface area contributed by atoms with Crippen LogP contribution in [0.3, 0.4) is 0 Å². The summed E-state index contributed by atoms with van der Waals surface area (Å²) in [6.45, 7) is 3.95. The van der Waals surface area contributed by atoms with E-state index in [2.05, 4.69) is 5.32 Å². The van der Waals surface area contributed by atoms with Crippen molar-refractivity contribution in [3.05, 3.63) is 105 Å². The molecule has 1 aliphatic rings. The molecule has 3 aromatic rings. The van der Waals surface area contributed by atoms with Gasteiger partial charge in [-0.25, -0.2) is 8.42 Å². The number of sulfonamides is 1. The molecule has 0 spiro atoms. The van der Waals surface area contributed by atoms with Crippen LogP contribution in [0.4, 0.5) is 11.4 Å². The number of aryl methyl sites for hydroxylation is 2. The molecule has 0 radical (unpaired) electrons. The second-order valence-electron chi connectivity index (χ2n) is 7.46. The molecule has 7 heteroatoms. The number of rotatable bonds is 4. The van der Waals surface area contributed by atoms with Gasteiger partial charge in [0.25, 0.3) is 10.0 Å². The molecule has 0 fully saturated rings. The van der Waals surface area contributed by atoms with E-state index in [9.17, 15) is 13.2 Å². The fourth-order valence-corrected chi connectivity index (χ4v) is 5.26. The van der Waals surface area contributed by atoms with Crippen molar-refractivity contribution in [3.8, 4) is 0 Å². The Morgan fingerprint density at radius 2 is 1.77 bits per heavy atom. The number of Topliss-reactive ketones (excluding diaryl/α,β-unsaturated/α-hetero) is 1. The van der Waals surface area contributed by atoms with Crippen LogP contribution >= 0.6 is 11.6 Å². The third kappa shape index (κ3) is 4.09.